The van der Waals surface area contributed by atoms with E-state index in [0.717, 1.165) is 5.56 Å². The number of amides is 1. The molecule has 1 saturated heterocycles. The van der Waals surface area contributed by atoms with E-state index in [4.69, 9.17) is 0 Å². The second-order valence-corrected chi connectivity index (χ2v) is 8.14. The summed E-state index contributed by atoms with van der Waals surface area (Å²) < 4.78 is 23.1. The topological polar surface area (TPSA) is 107 Å². The summed E-state index contributed by atoms with van der Waals surface area (Å²) in [6, 6.07) is 9.32. The van der Waals surface area contributed by atoms with E-state index in [1.54, 1.807) is 6.92 Å². The first-order valence-corrected chi connectivity index (χ1v) is 9.02. The monoisotopic (exact) mass is 335 g/mol. The smallest absolute Gasteiger partial charge is 0.244 e. The first kappa shape index (κ1) is 15.6. The van der Waals surface area contributed by atoms with Crippen LogP contribution in [0.4, 0.5) is 0 Å². The molecule has 1 N–H and O–H groups in total. The number of benzene rings is 1. The molecule has 0 unspecified atom stereocenters. The number of tetrazole rings is 1. The van der Waals surface area contributed by atoms with E-state index in [0.29, 0.717) is 12.2 Å². The third-order valence-electron chi connectivity index (χ3n) is 3.71. The molecule has 0 saturated carbocycles. The van der Waals surface area contributed by atoms with Crippen LogP contribution in [0.15, 0.2) is 30.3 Å². The third kappa shape index (κ3) is 3.73. The molecule has 1 aliphatic heterocycles. The molecule has 0 aliphatic carbocycles. The first-order chi connectivity index (χ1) is 10.9. The van der Waals surface area contributed by atoms with Crippen molar-refractivity contribution in [3.05, 3.63) is 30.3 Å². The fourth-order valence-corrected chi connectivity index (χ4v) is 4.72. The van der Waals surface area contributed by atoms with Gasteiger partial charge in [-0.05, 0) is 18.6 Å². The Kier molecular flexibility index (Phi) is 3.88. The predicted octanol–water partition coefficient (Wildman–Crippen LogP) is 0.0335. The number of sulfone groups is 1. The maximum atomic E-state index is 12.1. The molecule has 8 nitrogen and oxygen atoms in total. The highest BCUT2D eigenvalue weighted by molar-refractivity contribution is 7.91. The van der Waals surface area contributed by atoms with E-state index < -0.39 is 15.4 Å². The van der Waals surface area contributed by atoms with Crippen LogP contribution in [0.5, 0.6) is 0 Å². The van der Waals surface area contributed by atoms with Crippen molar-refractivity contribution in [2.75, 3.05) is 11.5 Å². The summed E-state index contributed by atoms with van der Waals surface area (Å²) >= 11 is 0. The average Bonchev–Trinajstić information content (AvgIpc) is 3.04. The van der Waals surface area contributed by atoms with Crippen LogP contribution in [-0.4, -0.2) is 51.6 Å². The minimum atomic E-state index is -3.07. The summed E-state index contributed by atoms with van der Waals surface area (Å²) in [6.07, 6.45) is 0.418. The van der Waals surface area contributed by atoms with Gasteiger partial charge >= 0.3 is 0 Å². The van der Waals surface area contributed by atoms with Crippen LogP contribution in [0.3, 0.4) is 0 Å². The molecule has 1 amide bonds. The zero-order chi connectivity index (χ0) is 16.5. The Morgan fingerprint density at radius 3 is 2.74 bits per heavy atom. The Hall–Kier alpha value is -2.29. The summed E-state index contributed by atoms with van der Waals surface area (Å²) in [5, 5.41) is 14.7. The van der Waals surface area contributed by atoms with Gasteiger partial charge in [0.1, 0.15) is 6.54 Å². The molecular formula is C14H17N5O3S. The normalized spacial score (nSPS) is 22.8. The van der Waals surface area contributed by atoms with Gasteiger partial charge in [-0.2, -0.15) is 4.80 Å². The minimum Gasteiger partial charge on any atom is -0.348 e. The third-order valence-corrected chi connectivity index (χ3v) is 5.62. The van der Waals surface area contributed by atoms with Gasteiger partial charge in [0.05, 0.1) is 17.0 Å². The average molecular weight is 335 g/mol. The number of hydrogen-bond acceptors (Lipinski definition) is 6. The Morgan fingerprint density at radius 2 is 2.09 bits per heavy atom. The van der Waals surface area contributed by atoms with E-state index >= 15 is 0 Å². The summed E-state index contributed by atoms with van der Waals surface area (Å²) in [7, 11) is -3.07. The van der Waals surface area contributed by atoms with Crippen molar-refractivity contribution in [1.82, 2.24) is 25.5 Å². The van der Waals surface area contributed by atoms with Crippen molar-refractivity contribution in [3.8, 4) is 11.4 Å². The van der Waals surface area contributed by atoms with Gasteiger partial charge in [-0.1, -0.05) is 30.3 Å². The SMILES string of the molecule is C[C@@]1(NC(=O)Cn2nnc(-c3ccccc3)n2)CCS(=O)(=O)C1. The number of carbonyl (C=O) groups is 1. The molecule has 1 aromatic heterocycles. The van der Waals surface area contributed by atoms with E-state index in [2.05, 4.69) is 20.7 Å². The second kappa shape index (κ2) is 5.73. The maximum absolute atomic E-state index is 12.1. The zero-order valence-corrected chi connectivity index (χ0v) is 13.5. The van der Waals surface area contributed by atoms with Crippen molar-refractivity contribution >= 4 is 15.7 Å². The first-order valence-electron chi connectivity index (χ1n) is 7.20. The number of nitrogens with zero attached hydrogens (tertiary/aromatic N) is 4. The summed E-state index contributed by atoms with van der Waals surface area (Å²) in [5.41, 5.74) is 0.0895. The highest BCUT2D eigenvalue weighted by Gasteiger charge is 2.39. The van der Waals surface area contributed by atoms with Gasteiger partial charge in [0.2, 0.25) is 11.7 Å². The van der Waals surface area contributed by atoms with Crippen molar-refractivity contribution < 1.29 is 13.2 Å². The van der Waals surface area contributed by atoms with Gasteiger partial charge < -0.3 is 5.32 Å². The van der Waals surface area contributed by atoms with Crippen molar-refractivity contribution in [2.45, 2.75) is 25.4 Å². The summed E-state index contributed by atoms with van der Waals surface area (Å²) in [6.45, 7) is 1.63. The number of carbonyl (C=O) groups excluding carboxylic acids is 1. The molecule has 0 radical (unpaired) electrons. The number of hydrogen-bond donors (Lipinski definition) is 1. The van der Waals surface area contributed by atoms with E-state index in [-0.39, 0.29) is 24.0 Å². The molecule has 2 heterocycles. The van der Waals surface area contributed by atoms with Gasteiger partial charge in [-0.15, -0.1) is 10.2 Å². The lowest BCUT2D eigenvalue weighted by Crippen LogP contribution is -2.48. The molecule has 9 heteroatoms. The molecule has 0 bridgehead atoms. The molecule has 122 valence electrons. The van der Waals surface area contributed by atoms with Crippen LogP contribution in [0.2, 0.25) is 0 Å². The lowest BCUT2D eigenvalue weighted by molar-refractivity contribution is -0.123. The quantitative estimate of drug-likeness (QED) is 0.845. The minimum absolute atomic E-state index is 0.0359. The van der Waals surface area contributed by atoms with E-state index in [1.165, 1.54) is 4.80 Å². The van der Waals surface area contributed by atoms with Gasteiger partial charge in [-0.3, -0.25) is 4.79 Å². The van der Waals surface area contributed by atoms with Crippen LogP contribution in [0.1, 0.15) is 13.3 Å². The lowest BCUT2D eigenvalue weighted by atomic mass is 10.0. The Labute approximate surface area is 133 Å². The Morgan fingerprint density at radius 1 is 1.35 bits per heavy atom. The molecular weight excluding hydrogens is 318 g/mol. The van der Waals surface area contributed by atoms with Crippen LogP contribution in [0.25, 0.3) is 11.4 Å². The number of aromatic nitrogens is 4. The maximum Gasteiger partial charge on any atom is 0.244 e. The highest BCUT2D eigenvalue weighted by Crippen LogP contribution is 2.22. The van der Waals surface area contributed by atoms with Crippen molar-refractivity contribution in [2.24, 2.45) is 0 Å². The van der Waals surface area contributed by atoms with Gasteiger partial charge in [0, 0.05) is 5.56 Å². The number of nitrogens with one attached hydrogen (secondary N) is 1. The van der Waals surface area contributed by atoms with E-state index in [9.17, 15) is 13.2 Å². The molecule has 1 aliphatic rings. The summed E-state index contributed by atoms with van der Waals surface area (Å²) in [5.74, 6) is 0.171. The standard InChI is InChI=1S/C14H17N5O3S/c1-14(7-8-23(21,22)10-14)15-12(20)9-19-17-13(16-18-19)11-5-3-2-4-6-11/h2-6H,7-10H2,1H3,(H,15,20)/t14-/m1/s1. The summed E-state index contributed by atoms with van der Waals surface area (Å²) in [4.78, 5) is 13.3. The van der Waals surface area contributed by atoms with Gasteiger partial charge in [0.25, 0.3) is 0 Å². The fraction of sp³-hybridized carbons (Fsp3) is 0.429. The van der Waals surface area contributed by atoms with Crippen molar-refractivity contribution in [1.29, 1.82) is 0 Å². The van der Waals surface area contributed by atoms with Crippen LogP contribution < -0.4 is 5.32 Å². The molecule has 2 aromatic rings. The molecule has 1 fully saturated rings. The fourth-order valence-electron chi connectivity index (χ4n) is 2.63. The highest BCUT2D eigenvalue weighted by atomic mass is 32.2. The van der Waals surface area contributed by atoms with Crippen LogP contribution in [0, 0.1) is 0 Å². The molecule has 0 spiro atoms. The van der Waals surface area contributed by atoms with E-state index in [1.807, 2.05) is 30.3 Å². The van der Waals surface area contributed by atoms with Crippen molar-refractivity contribution in [3.63, 3.8) is 0 Å². The van der Waals surface area contributed by atoms with Gasteiger partial charge in [0.15, 0.2) is 9.84 Å². The Balaban J connectivity index is 1.64. The molecule has 1 atom stereocenters. The largest absolute Gasteiger partial charge is 0.348 e. The number of rotatable bonds is 4. The van der Waals surface area contributed by atoms with Crippen LogP contribution in [-0.2, 0) is 21.2 Å². The molecule has 3 rings (SSSR count). The lowest BCUT2D eigenvalue weighted by Gasteiger charge is -2.23. The molecule has 23 heavy (non-hydrogen) atoms. The zero-order valence-electron chi connectivity index (χ0n) is 12.6. The van der Waals surface area contributed by atoms with Crippen LogP contribution >= 0.6 is 0 Å². The Bertz CT molecular complexity index is 818. The molecule has 1 aromatic carbocycles. The second-order valence-electron chi connectivity index (χ2n) is 5.96. The predicted molar refractivity (Wildman–Crippen MR) is 83.1 cm³/mol. The van der Waals surface area contributed by atoms with Gasteiger partial charge in [-0.25, -0.2) is 8.42 Å².